The summed E-state index contributed by atoms with van der Waals surface area (Å²) < 4.78 is 0. The second kappa shape index (κ2) is 9.87. The number of piperazine rings is 1. The van der Waals surface area contributed by atoms with E-state index >= 15 is 0 Å². The number of hydrogen-bond acceptors (Lipinski definition) is 7. The number of carbonyl (C=O) groups is 1. The van der Waals surface area contributed by atoms with Crippen molar-refractivity contribution in [2.75, 3.05) is 50.4 Å². The topological polar surface area (TPSA) is 86.3 Å². The molecule has 1 aromatic carbocycles. The number of aryl methyl sites for hydroxylation is 1. The van der Waals surface area contributed by atoms with Crippen molar-refractivity contribution in [2.45, 2.75) is 13.3 Å². The number of hydrogen-bond donors (Lipinski definition) is 2. The quantitative estimate of drug-likeness (QED) is 0.562. The molecule has 2 aromatic heterocycles. The summed E-state index contributed by atoms with van der Waals surface area (Å²) in [6.07, 6.45) is 6.22. The van der Waals surface area contributed by atoms with Crippen LogP contribution < -0.4 is 10.6 Å². The monoisotopic (exact) mass is 457 g/mol. The van der Waals surface area contributed by atoms with Crippen LogP contribution in [0.25, 0.3) is 11.3 Å². The predicted octanol–water partition coefficient (Wildman–Crippen LogP) is 3.41. The van der Waals surface area contributed by atoms with Gasteiger partial charge < -0.3 is 20.4 Å². The highest BCUT2D eigenvalue weighted by Gasteiger charge is 2.43. The standard InChI is InChI=1S/C26H31N7O/c1-18-5-6-21(29-25(34)22-14-20(22)17-33-12-10-32(2)11-13-33)15-24(18)31-26-28-9-7-23(30-26)19-4-3-8-27-16-19/h3-9,15-16,20,22H,10-14,17H2,1-2H3,(H,29,34)(H,28,30,31)/t20-,22+/m1/s1. The normalized spacial score (nSPS) is 20.6. The summed E-state index contributed by atoms with van der Waals surface area (Å²) in [7, 11) is 2.17. The lowest BCUT2D eigenvalue weighted by Crippen LogP contribution is -2.45. The minimum atomic E-state index is 0.108. The van der Waals surface area contributed by atoms with Crippen LogP contribution >= 0.6 is 0 Å². The fourth-order valence-electron chi connectivity index (χ4n) is 4.42. The van der Waals surface area contributed by atoms with Crippen molar-refractivity contribution in [3.8, 4) is 11.3 Å². The van der Waals surface area contributed by atoms with Gasteiger partial charge in [-0.2, -0.15) is 0 Å². The zero-order chi connectivity index (χ0) is 23.5. The number of amides is 1. The van der Waals surface area contributed by atoms with Gasteiger partial charge in [0.25, 0.3) is 0 Å². The van der Waals surface area contributed by atoms with Crippen molar-refractivity contribution in [1.29, 1.82) is 0 Å². The highest BCUT2D eigenvalue weighted by atomic mass is 16.2. The molecule has 8 heteroatoms. The van der Waals surface area contributed by atoms with Crippen LogP contribution in [0.3, 0.4) is 0 Å². The van der Waals surface area contributed by atoms with Crippen LogP contribution in [0.5, 0.6) is 0 Å². The molecule has 3 heterocycles. The lowest BCUT2D eigenvalue weighted by molar-refractivity contribution is -0.117. The Hall–Kier alpha value is -3.36. The van der Waals surface area contributed by atoms with Gasteiger partial charge in [0, 0.05) is 74.2 Å². The molecule has 1 aliphatic heterocycles. The summed E-state index contributed by atoms with van der Waals surface area (Å²) in [5.41, 5.74) is 4.43. The molecule has 0 radical (unpaired) electrons. The lowest BCUT2D eigenvalue weighted by atomic mass is 10.1. The molecule has 8 nitrogen and oxygen atoms in total. The van der Waals surface area contributed by atoms with E-state index in [1.807, 2.05) is 43.3 Å². The van der Waals surface area contributed by atoms with Gasteiger partial charge in [-0.15, -0.1) is 0 Å². The molecular formula is C26H31N7O. The van der Waals surface area contributed by atoms with E-state index in [0.717, 1.165) is 67.3 Å². The zero-order valence-corrected chi connectivity index (χ0v) is 19.7. The van der Waals surface area contributed by atoms with Crippen molar-refractivity contribution in [3.63, 3.8) is 0 Å². The van der Waals surface area contributed by atoms with Crippen LogP contribution in [-0.4, -0.2) is 70.4 Å². The SMILES string of the molecule is Cc1ccc(NC(=O)[C@H]2C[C@@H]2CN2CCN(C)CC2)cc1Nc1nccc(-c2cccnc2)n1. The number of benzene rings is 1. The van der Waals surface area contributed by atoms with Crippen LogP contribution in [0.15, 0.2) is 55.0 Å². The molecule has 1 amide bonds. The van der Waals surface area contributed by atoms with Crippen LogP contribution in [0.2, 0.25) is 0 Å². The van der Waals surface area contributed by atoms with Gasteiger partial charge in [0.15, 0.2) is 0 Å². The first-order chi connectivity index (χ1) is 16.5. The number of nitrogens with one attached hydrogen (secondary N) is 2. The first-order valence-corrected chi connectivity index (χ1v) is 11.9. The maximum absolute atomic E-state index is 12.8. The Morgan fingerprint density at radius 3 is 2.76 bits per heavy atom. The maximum Gasteiger partial charge on any atom is 0.227 e. The van der Waals surface area contributed by atoms with E-state index < -0.39 is 0 Å². The average Bonchev–Trinajstić information content (AvgIpc) is 3.63. The molecule has 3 aromatic rings. The van der Waals surface area contributed by atoms with Crippen molar-refractivity contribution < 1.29 is 4.79 Å². The molecular weight excluding hydrogens is 426 g/mol. The number of nitrogens with zero attached hydrogens (tertiary/aromatic N) is 5. The van der Waals surface area contributed by atoms with Gasteiger partial charge in [-0.05, 0) is 62.2 Å². The van der Waals surface area contributed by atoms with E-state index in [1.54, 1.807) is 18.6 Å². The van der Waals surface area contributed by atoms with E-state index in [4.69, 9.17) is 0 Å². The van der Waals surface area contributed by atoms with Crippen LogP contribution in [0.4, 0.5) is 17.3 Å². The van der Waals surface area contributed by atoms with E-state index in [9.17, 15) is 4.79 Å². The maximum atomic E-state index is 12.8. The Kier molecular flexibility index (Phi) is 6.51. The van der Waals surface area contributed by atoms with Gasteiger partial charge in [-0.25, -0.2) is 9.97 Å². The van der Waals surface area contributed by atoms with Gasteiger partial charge >= 0.3 is 0 Å². The summed E-state index contributed by atoms with van der Waals surface area (Å²) in [5.74, 6) is 1.19. The number of rotatable bonds is 7. The van der Waals surface area contributed by atoms with E-state index in [-0.39, 0.29) is 11.8 Å². The minimum Gasteiger partial charge on any atom is -0.326 e. The minimum absolute atomic E-state index is 0.108. The first kappa shape index (κ1) is 22.4. The smallest absolute Gasteiger partial charge is 0.227 e. The first-order valence-electron chi connectivity index (χ1n) is 11.9. The van der Waals surface area contributed by atoms with Crippen LogP contribution in [0, 0.1) is 18.8 Å². The number of likely N-dealkylation sites (N-methyl/N-ethyl adjacent to an activating group) is 1. The summed E-state index contributed by atoms with van der Waals surface area (Å²) in [4.78, 5) is 30.8. The molecule has 1 aliphatic carbocycles. The largest absolute Gasteiger partial charge is 0.326 e. The third-order valence-corrected chi connectivity index (χ3v) is 6.71. The molecule has 176 valence electrons. The highest BCUT2D eigenvalue weighted by molar-refractivity contribution is 5.95. The molecule has 34 heavy (non-hydrogen) atoms. The van der Waals surface area contributed by atoms with Crippen molar-refractivity contribution >= 4 is 23.2 Å². The van der Waals surface area contributed by atoms with Crippen molar-refractivity contribution in [1.82, 2.24) is 24.8 Å². The summed E-state index contributed by atoms with van der Waals surface area (Å²) in [6, 6.07) is 11.6. The summed E-state index contributed by atoms with van der Waals surface area (Å²) in [6.45, 7) is 7.45. The van der Waals surface area contributed by atoms with Gasteiger partial charge in [0.1, 0.15) is 0 Å². The van der Waals surface area contributed by atoms with Crippen LogP contribution in [0.1, 0.15) is 12.0 Å². The Morgan fingerprint density at radius 1 is 1.12 bits per heavy atom. The van der Waals surface area contributed by atoms with Gasteiger partial charge in [0.2, 0.25) is 11.9 Å². The lowest BCUT2D eigenvalue weighted by Gasteiger charge is -2.32. The Balaban J connectivity index is 1.20. The Morgan fingerprint density at radius 2 is 1.97 bits per heavy atom. The third kappa shape index (κ3) is 5.40. The molecule has 0 bridgehead atoms. The Bertz CT molecular complexity index is 1140. The predicted molar refractivity (Wildman–Crippen MR) is 134 cm³/mol. The summed E-state index contributed by atoms with van der Waals surface area (Å²) in [5, 5.41) is 6.42. The van der Waals surface area contributed by atoms with Crippen LogP contribution in [-0.2, 0) is 4.79 Å². The third-order valence-electron chi connectivity index (χ3n) is 6.71. The molecule has 0 spiro atoms. The molecule has 5 rings (SSSR count). The van der Waals surface area contributed by atoms with E-state index in [1.165, 1.54) is 0 Å². The molecule has 2 atom stereocenters. The number of aromatic nitrogens is 3. The van der Waals surface area contributed by atoms with Gasteiger partial charge in [-0.1, -0.05) is 6.07 Å². The molecule has 2 N–H and O–H groups in total. The highest BCUT2D eigenvalue weighted by Crippen LogP contribution is 2.40. The molecule has 0 unspecified atom stereocenters. The zero-order valence-electron chi connectivity index (χ0n) is 19.7. The van der Waals surface area contributed by atoms with Gasteiger partial charge in [0.05, 0.1) is 5.69 Å². The molecule has 2 fully saturated rings. The fraction of sp³-hybridized carbons (Fsp3) is 0.385. The van der Waals surface area contributed by atoms with Crippen molar-refractivity contribution in [2.24, 2.45) is 11.8 Å². The van der Waals surface area contributed by atoms with E-state index in [2.05, 4.69) is 42.4 Å². The second-order valence-electron chi connectivity index (χ2n) is 9.36. The van der Waals surface area contributed by atoms with Crippen molar-refractivity contribution in [3.05, 3.63) is 60.6 Å². The molecule has 1 saturated carbocycles. The number of anilines is 3. The molecule has 2 aliphatic rings. The van der Waals surface area contributed by atoms with E-state index in [0.29, 0.717) is 11.9 Å². The number of carbonyl (C=O) groups excluding carboxylic acids is 1. The fourth-order valence-corrected chi connectivity index (χ4v) is 4.42. The van der Waals surface area contributed by atoms with Gasteiger partial charge in [-0.3, -0.25) is 9.78 Å². The average molecular weight is 458 g/mol. The summed E-state index contributed by atoms with van der Waals surface area (Å²) >= 11 is 0. The number of pyridine rings is 1. The molecule has 1 saturated heterocycles. The Labute approximate surface area is 200 Å². The second-order valence-corrected chi connectivity index (χ2v) is 9.36.